The lowest BCUT2D eigenvalue weighted by molar-refractivity contribution is 0.0915. The number of hydrogen-bond donors (Lipinski definition) is 0. The lowest BCUT2D eigenvalue weighted by Gasteiger charge is -2.25. The molecule has 0 atom stereocenters. The average Bonchev–Trinajstić information content (AvgIpc) is 2.97. The van der Waals surface area contributed by atoms with Gasteiger partial charge in [0.2, 0.25) is 5.78 Å². The fourth-order valence-corrected chi connectivity index (χ4v) is 3.32. The van der Waals surface area contributed by atoms with Gasteiger partial charge in [0, 0.05) is 29.4 Å². The van der Waals surface area contributed by atoms with Gasteiger partial charge in [-0.1, -0.05) is 30.2 Å². The molecule has 1 aromatic heterocycles. The number of Topliss-reactive ketones (excluding diaryl/α,β-unsaturated/α-hetero) is 1. The number of carbonyl (C=O) groups excluding carboxylic acids is 2. The number of piperidine rings is 1. The molecule has 1 aromatic carbocycles. The van der Waals surface area contributed by atoms with Gasteiger partial charge in [-0.2, -0.15) is 0 Å². The number of halogens is 1. The van der Waals surface area contributed by atoms with E-state index in [1.54, 1.807) is 48.1 Å². The van der Waals surface area contributed by atoms with Crippen molar-refractivity contribution in [2.24, 2.45) is 7.05 Å². The molecule has 3 rings (SSSR count). The molecule has 24 heavy (non-hydrogen) atoms. The Balaban J connectivity index is 1.77. The maximum absolute atomic E-state index is 12.6. The third-order valence-corrected chi connectivity index (χ3v) is 4.70. The molecule has 2 heterocycles. The summed E-state index contributed by atoms with van der Waals surface area (Å²) in [5.74, 6) is -0.0605. The number of ketones is 2. The molecule has 0 saturated carbocycles. The molecule has 1 saturated heterocycles. The number of hydrogen-bond acceptors (Lipinski definition) is 3. The number of nitrogens with zero attached hydrogens (tertiary/aromatic N) is 2. The summed E-state index contributed by atoms with van der Waals surface area (Å²) in [6, 6.07) is 8.55. The zero-order valence-corrected chi connectivity index (χ0v) is 14.6. The highest BCUT2D eigenvalue weighted by atomic mass is 35.5. The van der Waals surface area contributed by atoms with Crippen molar-refractivity contribution in [3.05, 3.63) is 58.4 Å². The second-order valence-electron chi connectivity index (χ2n) is 6.32. The summed E-state index contributed by atoms with van der Waals surface area (Å²) < 4.78 is 1.71. The van der Waals surface area contributed by atoms with Gasteiger partial charge in [-0.15, -0.1) is 0 Å². The zero-order chi connectivity index (χ0) is 17.1. The monoisotopic (exact) mass is 344 g/mol. The minimum atomic E-state index is -0.128. The van der Waals surface area contributed by atoms with Crippen LogP contribution in [-0.4, -0.2) is 40.7 Å². The summed E-state index contributed by atoms with van der Waals surface area (Å²) in [6.45, 7) is 2.38. The Morgan fingerprint density at radius 2 is 1.83 bits per heavy atom. The number of aryl methyl sites for hydroxylation is 1. The lowest BCUT2D eigenvalue weighted by Crippen LogP contribution is -2.34. The first kappa shape index (κ1) is 16.9. The molecule has 0 spiro atoms. The van der Waals surface area contributed by atoms with Crippen molar-refractivity contribution in [1.82, 2.24) is 9.47 Å². The van der Waals surface area contributed by atoms with Crippen LogP contribution in [-0.2, 0) is 7.05 Å². The second-order valence-corrected chi connectivity index (χ2v) is 6.76. The van der Waals surface area contributed by atoms with Gasteiger partial charge in [0.25, 0.3) is 0 Å². The zero-order valence-electron chi connectivity index (χ0n) is 13.8. The van der Waals surface area contributed by atoms with E-state index in [1.165, 1.54) is 6.42 Å². The highest BCUT2D eigenvalue weighted by Crippen LogP contribution is 2.18. The smallest absolute Gasteiger partial charge is 0.209 e. The Labute approximate surface area is 147 Å². The highest BCUT2D eigenvalue weighted by molar-refractivity contribution is 6.31. The molecule has 0 radical (unpaired) electrons. The quantitative estimate of drug-likeness (QED) is 0.779. The molecular weight excluding hydrogens is 324 g/mol. The molecule has 126 valence electrons. The van der Waals surface area contributed by atoms with E-state index in [-0.39, 0.29) is 11.6 Å². The van der Waals surface area contributed by atoms with Crippen LogP contribution in [0.1, 0.15) is 45.7 Å². The van der Waals surface area contributed by atoms with E-state index in [9.17, 15) is 9.59 Å². The van der Waals surface area contributed by atoms with Crippen LogP contribution < -0.4 is 0 Å². The van der Waals surface area contributed by atoms with E-state index in [2.05, 4.69) is 4.90 Å². The Bertz CT molecular complexity index is 760. The first-order valence-electron chi connectivity index (χ1n) is 8.27. The van der Waals surface area contributed by atoms with Gasteiger partial charge in [-0.3, -0.25) is 14.5 Å². The molecule has 1 fully saturated rings. The van der Waals surface area contributed by atoms with Gasteiger partial charge in [0.15, 0.2) is 5.78 Å². The summed E-state index contributed by atoms with van der Waals surface area (Å²) in [6.07, 6.45) is 5.29. The average molecular weight is 345 g/mol. The van der Waals surface area contributed by atoms with Crippen LogP contribution in [0.4, 0.5) is 0 Å². The third-order valence-electron chi connectivity index (χ3n) is 4.46. The van der Waals surface area contributed by atoms with E-state index in [0.717, 1.165) is 25.9 Å². The van der Waals surface area contributed by atoms with Gasteiger partial charge in [-0.05, 0) is 44.1 Å². The van der Waals surface area contributed by atoms with Gasteiger partial charge in [0.05, 0.1) is 12.2 Å². The van der Waals surface area contributed by atoms with E-state index in [4.69, 9.17) is 11.6 Å². The molecule has 0 unspecified atom stereocenters. The van der Waals surface area contributed by atoms with Crippen molar-refractivity contribution in [3.8, 4) is 0 Å². The maximum atomic E-state index is 12.6. The summed E-state index contributed by atoms with van der Waals surface area (Å²) in [5.41, 5.74) is 1.62. The Morgan fingerprint density at radius 3 is 2.54 bits per heavy atom. The molecule has 4 nitrogen and oxygen atoms in total. The topological polar surface area (TPSA) is 42.3 Å². The number of benzene rings is 1. The van der Waals surface area contributed by atoms with E-state index in [1.807, 2.05) is 0 Å². The molecule has 1 aliphatic heterocycles. The van der Waals surface area contributed by atoms with Gasteiger partial charge in [0.1, 0.15) is 0 Å². The highest BCUT2D eigenvalue weighted by Gasteiger charge is 2.20. The summed E-state index contributed by atoms with van der Waals surface area (Å²) >= 11 is 5.96. The van der Waals surface area contributed by atoms with E-state index < -0.39 is 0 Å². The molecule has 5 heteroatoms. The summed E-state index contributed by atoms with van der Waals surface area (Å²) in [5, 5.41) is 0.524. The number of rotatable bonds is 5. The van der Waals surface area contributed by atoms with Crippen molar-refractivity contribution < 1.29 is 9.59 Å². The van der Waals surface area contributed by atoms with Crippen LogP contribution in [0.15, 0.2) is 36.5 Å². The predicted molar refractivity (Wildman–Crippen MR) is 94.9 cm³/mol. The van der Waals surface area contributed by atoms with Crippen LogP contribution in [0.2, 0.25) is 5.02 Å². The normalized spacial score (nSPS) is 15.4. The van der Waals surface area contributed by atoms with Crippen molar-refractivity contribution in [2.45, 2.75) is 19.3 Å². The second kappa shape index (κ2) is 7.32. The molecule has 1 aliphatic rings. The van der Waals surface area contributed by atoms with Crippen LogP contribution in [0, 0.1) is 0 Å². The van der Waals surface area contributed by atoms with Crippen LogP contribution in [0.3, 0.4) is 0 Å². The Hall–Kier alpha value is -1.91. The minimum absolute atomic E-state index is 0.0673. The number of likely N-dealkylation sites (tertiary alicyclic amines) is 1. The fraction of sp³-hybridized carbons (Fsp3) is 0.368. The summed E-state index contributed by atoms with van der Waals surface area (Å²) in [7, 11) is 1.79. The van der Waals surface area contributed by atoms with Crippen molar-refractivity contribution >= 4 is 23.2 Å². The molecular formula is C19H21ClN2O2. The standard InChI is InChI=1S/C19H21ClN2O2/c1-21-12-15(18(23)13-22-8-3-2-4-9-22)11-17(21)19(24)14-6-5-7-16(20)10-14/h5-7,10-12H,2-4,8-9,13H2,1H3. The van der Waals surface area contributed by atoms with Crippen molar-refractivity contribution in [2.75, 3.05) is 19.6 Å². The SMILES string of the molecule is Cn1cc(C(=O)CN2CCCCC2)cc1C(=O)c1cccc(Cl)c1. The molecule has 2 aromatic rings. The predicted octanol–water partition coefficient (Wildman–Crippen LogP) is 3.58. The van der Waals surface area contributed by atoms with Crippen LogP contribution in [0.25, 0.3) is 0 Å². The van der Waals surface area contributed by atoms with E-state index >= 15 is 0 Å². The van der Waals surface area contributed by atoms with Gasteiger partial charge in [-0.25, -0.2) is 0 Å². The summed E-state index contributed by atoms with van der Waals surface area (Å²) in [4.78, 5) is 27.3. The first-order valence-corrected chi connectivity index (χ1v) is 8.64. The van der Waals surface area contributed by atoms with Crippen LogP contribution >= 0.6 is 11.6 Å². The third kappa shape index (κ3) is 3.77. The molecule has 0 bridgehead atoms. The minimum Gasteiger partial charge on any atom is -0.347 e. The molecule has 0 amide bonds. The van der Waals surface area contributed by atoms with Gasteiger partial charge < -0.3 is 4.57 Å². The van der Waals surface area contributed by atoms with Crippen LogP contribution in [0.5, 0.6) is 0 Å². The van der Waals surface area contributed by atoms with Gasteiger partial charge >= 0.3 is 0 Å². The van der Waals surface area contributed by atoms with E-state index in [0.29, 0.717) is 28.4 Å². The van der Waals surface area contributed by atoms with Crippen molar-refractivity contribution in [1.29, 1.82) is 0 Å². The largest absolute Gasteiger partial charge is 0.347 e. The van der Waals surface area contributed by atoms with Crippen molar-refractivity contribution in [3.63, 3.8) is 0 Å². The molecule has 0 N–H and O–H groups in total. The maximum Gasteiger partial charge on any atom is 0.209 e. The number of aromatic nitrogens is 1. The molecule has 0 aliphatic carbocycles. The fourth-order valence-electron chi connectivity index (χ4n) is 3.13. The lowest BCUT2D eigenvalue weighted by atomic mass is 10.1. The Kier molecular flexibility index (Phi) is 5.17. The first-order chi connectivity index (χ1) is 11.5. The Morgan fingerprint density at radius 1 is 1.08 bits per heavy atom. The number of carbonyl (C=O) groups is 2.